The number of methoxy groups -OCH3 is 1. The van der Waals surface area contributed by atoms with Crippen LogP contribution in [0.4, 0.5) is 0 Å². The van der Waals surface area contributed by atoms with Crippen LogP contribution >= 0.6 is 15.9 Å². The molecule has 0 atom stereocenters. The van der Waals surface area contributed by atoms with Crippen LogP contribution in [0, 0.1) is 0 Å². The third-order valence-electron chi connectivity index (χ3n) is 2.77. The van der Waals surface area contributed by atoms with E-state index in [1.807, 2.05) is 6.92 Å². The van der Waals surface area contributed by atoms with E-state index in [-0.39, 0.29) is 9.56 Å². The number of hydrogen-bond donors (Lipinski definition) is 1. The SMILES string of the molecule is CCNCc1cc(S(=O)(=O)N(CC)CCOC)c(Br)o1. The first kappa shape index (κ1) is 17.6. The Morgan fingerprint density at radius 1 is 1.45 bits per heavy atom. The minimum atomic E-state index is -3.57. The molecule has 0 saturated carbocycles. The summed E-state index contributed by atoms with van der Waals surface area (Å²) in [5, 5.41) is 3.09. The second-order valence-electron chi connectivity index (χ2n) is 4.12. The van der Waals surface area contributed by atoms with Gasteiger partial charge in [0.25, 0.3) is 0 Å². The summed E-state index contributed by atoms with van der Waals surface area (Å²) >= 11 is 3.18. The molecule has 0 fully saturated rings. The van der Waals surface area contributed by atoms with Gasteiger partial charge in [-0.3, -0.25) is 0 Å². The first-order chi connectivity index (χ1) is 9.47. The fraction of sp³-hybridized carbons (Fsp3) is 0.667. The van der Waals surface area contributed by atoms with Crippen molar-refractivity contribution in [2.45, 2.75) is 25.3 Å². The molecule has 0 saturated heterocycles. The number of likely N-dealkylation sites (N-methyl/N-ethyl adjacent to an activating group) is 1. The van der Waals surface area contributed by atoms with Crippen molar-refractivity contribution in [1.82, 2.24) is 9.62 Å². The van der Waals surface area contributed by atoms with E-state index in [4.69, 9.17) is 9.15 Å². The standard InChI is InChI=1S/C12H21BrN2O4S/c1-4-14-9-10-8-11(12(13)19-10)20(16,17)15(5-2)6-7-18-3/h8,14H,4-7,9H2,1-3H3. The molecule has 1 aromatic heterocycles. The van der Waals surface area contributed by atoms with Crippen molar-refractivity contribution in [3.63, 3.8) is 0 Å². The van der Waals surface area contributed by atoms with Crippen LogP contribution in [-0.2, 0) is 21.3 Å². The third kappa shape index (κ3) is 4.29. The number of sulfonamides is 1. The highest BCUT2D eigenvalue weighted by molar-refractivity contribution is 9.10. The summed E-state index contributed by atoms with van der Waals surface area (Å²) in [7, 11) is -2.03. The summed E-state index contributed by atoms with van der Waals surface area (Å²) in [5.41, 5.74) is 0. The first-order valence-corrected chi connectivity index (χ1v) is 8.68. The van der Waals surface area contributed by atoms with Gasteiger partial charge in [-0.2, -0.15) is 4.31 Å². The van der Waals surface area contributed by atoms with Crippen LogP contribution in [0.15, 0.2) is 20.0 Å². The second kappa shape index (κ2) is 8.14. The number of nitrogens with zero attached hydrogens (tertiary/aromatic N) is 1. The molecule has 0 aromatic carbocycles. The van der Waals surface area contributed by atoms with Crippen LogP contribution in [0.1, 0.15) is 19.6 Å². The van der Waals surface area contributed by atoms with Crippen molar-refractivity contribution < 1.29 is 17.6 Å². The van der Waals surface area contributed by atoms with E-state index >= 15 is 0 Å². The molecule has 1 N–H and O–H groups in total. The molecule has 8 heteroatoms. The van der Waals surface area contributed by atoms with Crippen molar-refractivity contribution in [3.8, 4) is 0 Å². The van der Waals surface area contributed by atoms with E-state index in [1.165, 1.54) is 4.31 Å². The Morgan fingerprint density at radius 3 is 2.70 bits per heavy atom. The fourth-order valence-corrected chi connectivity index (χ4v) is 4.08. The zero-order valence-electron chi connectivity index (χ0n) is 12.0. The Balaban J connectivity index is 2.98. The lowest BCUT2D eigenvalue weighted by Gasteiger charge is -2.19. The molecular formula is C12H21BrN2O4S. The monoisotopic (exact) mass is 368 g/mol. The molecule has 1 aromatic rings. The lowest BCUT2D eigenvalue weighted by Crippen LogP contribution is -2.33. The quantitative estimate of drug-likeness (QED) is 0.719. The largest absolute Gasteiger partial charge is 0.452 e. The number of nitrogens with one attached hydrogen (secondary N) is 1. The molecule has 116 valence electrons. The van der Waals surface area contributed by atoms with Gasteiger partial charge in [-0.1, -0.05) is 13.8 Å². The third-order valence-corrected chi connectivity index (χ3v) is 5.60. The van der Waals surface area contributed by atoms with E-state index in [2.05, 4.69) is 21.2 Å². The lowest BCUT2D eigenvalue weighted by molar-refractivity contribution is 0.180. The molecular weight excluding hydrogens is 348 g/mol. The van der Waals surface area contributed by atoms with Crippen LogP contribution in [-0.4, -0.2) is 46.1 Å². The van der Waals surface area contributed by atoms with E-state index in [0.29, 0.717) is 32.0 Å². The number of furan rings is 1. The first-order valence-electron chi connectivity index (χ1n) is 6.45. The molecule has 0 bridgehead atoms. The van der Waals surface area contributed by atoms with Gasteiger partial charge in [0, 0.05) is 26.3 Å². The van der Waals surface area contributed by atoms with Gasteiger partial charge in [-0.15, -0.1) is 0 Å². The lowest BCUT2D eigenvalue weighted by atomic mass is 10.4. The van der Waals surface area contributed by atoms with Gasteiger partial charge in [0.2, 0.25) is 10.0 Å². The molecule has 0 aliphatic carbocycles. The van der Waals surface area contributed by atoms with Gasteiger partial charge < -0.3 is 14.5 Å². The molecule has 0 spiro atoms. The fourth-order valence-electron chi connectivity index (χ4n) is 1.69. The Bertz CT molecular complexity index is 516. The average Bonchev–Trinajstić information content (AvgIpc) is 2.79. The maximum absolute atomic E-state index is 12.5. The van der Waals surface area contributed by atoms with E-state index in [0.717, 1.165) is 6.54 Å². The van der Waals surface area contributed by atoms with Gasteiger partial charge >= 0.3 is 0 Å². The minimum absolute atomic E-state index is 0.156. The predicted molar refractivity (Wildman–Crippen MR) is 80.1 cm³/mol. The molecule has 0 unspecified atom stereocenters. The van der Waals surface area contributed by atoms with Gasteiger partial charge in [0.15, 0.2) is 4.67 Å². The highest BCUT2D eigenvalue weighted by Gasteiger charge is 2.28. The van der Waals surface area contributed by atoms with E-state index < -0.39 is 10.0 Å². The average molecular weight is 369 g/mol. The highest BCUT2D eigenvalue weighted by Crippen LogP contribution is 2.28. The Kier molecular flexibility index (Phi) is 7.18. The molecule has 0 amide bonds. The van der Waals surface area contributed by atoms with Gasteiger partial charge in [0.1, 0.15) is 10.7 Å². The highest BCUT2D eigenvalue weighted by atomic mass is 79.9. The molecule has 1 rings (SSSR count). The number of rotatable bonds is 9. The molecule has 20 heavy (non-hydrogen) atoms. The molecule has 0 radical (unpaired) electrons. The number of hydrogen-bond acceptors (Lipinski definition) is 5. The Morgan fingerprint density at radius 2 is 2.15 bits per heavy atom. The Labute approximate surface area is 128 Å². The van der Waals surface area contributed by atoms with Crippen LogP contribution in [0.3, 0.4) is 0 Å². The van der Waals surface area contributed by atoms with E-state index in [1.54, 1.807) is 20.1 Å². The summed E-state index contributed by atoms with van der Waals surface area (Å²) in [6.45, 7) is 6.10. The summed E-state index contributed by atoms with van der Waals surface area (Å²) < 4.78 is 37.0. The van der Waals surface area contributed by atoms with Gasteiger partial charge in [-0.25, -0.2) is 8.42 Å². The van der Waals surface area contributed by atoms with Crippen molar-refractivity contribution in [3.05, 3.63) is 16.5 Å². The molecule has 0 aliphatic rings. The van der Waals surface area contributed by atoms with Crippen LogP contribution in [0.5, 0.6) is 0 Å². The molecule has 6 nitrogen and oxygen atoms in total. The van der Waals surface area contributed by atoms with Crippen molar-refractivity contribution in [2.24, 2.45) is 0 Å². The van der Waals surface area contributed by atoms with Crippen LogP contribution < -0.4 is 5.32 Å². The summed E-state index contributed by atoms with van der Waals surface area (Å²) in [6, 6.07) is 1.55. The van der Waals surface area contributed by atoms with Gasteiger partial charge in [-0.05, 0) is 22.5 Å². The zero-order valence-corrected chi connectivity index (χ0v) is 14.4. The maximum atomic E-state index is 12.5. The number of ether oxygens (including phenoxy) is 1. The van der Waals surface area contributed by atoms with Crippen LogP contribution in [0.2, 0.25) is 0 Å². The van der Waals surface area contributed by atoms with Crippen molar-refractivity contribution in [2.75, 3.05) is 33.4 Å². The zero-order chi connectivity index (χ0) is 15.2. The van der Waals surface area contributed by atoms with Crippen molar-refractivity contribution >= 4 is 26.0 Å². The second-order valence-corrected chi connectivity index (χ2v) is 6.75. The summed E-state index contributed by atoms with van der Waals surface area (Å²) in [6.07, 6.45) is 0. The van der Waals surface area contributed by atoms with E-state index in [9.17, 15) is 8.42 Å². The topological polar surface area (TPSA) is 71.8 Å². The van der Waals surface area contributed by atoms with Crippen molar-refractivity contribution in [1.29, 1.82) is 0 Å². The predicted octanol–water partition coefficient (Wildman–Crippen LogP) is 1.81. The molecule has 0 aliphatic heterocycles. The van der Waals surface area contributed by atoms with Gasteiger partial charge in [0.05, 0.1) is 13.2 Å². The summed E-state index contributed by atoms with van der Waals surface area (Å²) in [4.78, 5) is 0.156. The summed E-state index contributed by atoms with van der Waals surface area (Å²) in [5.74, 6) is 0.583. The normalized spacial score (nSPS) is 12.2. The Hall–Kier alpha value is -0.410. The van der Waals surface area contributed by atoms with Crippen LogP contribution in [0.25, 0.3) is 0 Å². The number of halogens is 1. The molecule has 1 heterocycles. The smallest absolute Gasteiger partial charge is 0.247 e. The minimum Gasteiger partial charge on any atom is -0.452 e. The maximum Gasteiger partial charge on any atom is 0.247 e.